The van der Waals surface area contributed by atoms with Gasteiger partial charge in [0, 0.05) is 42.7 Å². The topological polar surface area (TPSA) is 71.5 Å². The Balaban J connectivity index is 1.74. The number of nitrogens with zero attached hydrogens (tertiary/aromatic N) is 3. The maximum atomic E-state index is 13.8. The number of ether oxygens (including phenoxy) is 2. The summed E-state index contributed by atoms with van der Waals surface area (Å²) in [7, 11) is 3.80. The molecule has 0 amide bonds. The van der Waals surface area contributed by atoms with E-state index in [4.69, 9.17) is 9.47 Å². The minimum atomic E-state index is -3.68. The van der Waals surface area contributed by atoms with Gasteiger partial charge in [-0.05, 0) is 45.0 Å². The number of hydrogen-bond acceptors (Lipinski definition) is 7. The molecule has 0 fully saturated rings. The third kappa shape index (κ3) is 4.24. The minimum Gasteiger partial charge on any atom is -0.395 e. The molecule has 2 N–H and O–H groups in total. The smallest absolute Gasteiger partial charge is 0.395 e. The van der Waals surface area contributed by atoms with Crippen LogP contribution in [0.5, 0.6) is 11.5 Å². The molecule has 0 saturated carbocycles. The first kappa shape index (κ1) is 19.4. The van der Waals surface area contributed by atoms with Gasteiger partial charge in [-0.2, -0.15) is 4.98 Å². The summed E-state index contributed by atoms with van der Waals surface area (Å²) in [6.45, 7) is 3.54. The predicted molar refractivity (Wildman–Crippen MR) is 107 cm³/mol. The predicted octanol–water partition coefficient (Wildman–Crippen LogP) is 4.00. The molecule has 2 aliphatic rings. The Bertz CT molecular complexity index is 964. The van der Waals surface area contributed by atoms with Crippen LogP contribution in [0, 0.1) is 6.92 Å². The van der Waals surface area contributed by atoms with E-state index in [1.807, 2.05) is 20.0 Å². The molecule has 1 aromatic carbocycles. The highest BCUT2D eigenvalue weighted by molar-refractivity contribution is 5.78. The summed E-state index contributed by atoms with van der Waals surface area (Å²) in [6.07, 6.45) is 0.0595. The fraction of sp³-hybridized carbons (Fsp3) is 0.400. The zero-order valence-electron chi connectivity index (χ0n) is 16.6. The third-order valence-corrected chi connectivity index (χ3v) is 4.85. The van der Waals surface area contributed by atoms with Gasteiger partial charge in [-0.15, -0.1) is 8.78 Å². The summed E-state index contributed by atoms with van der Waals surface area (Å²) in [5.41, 5.74) is 2.87. The zero-order chi connectivity index (χ0) is 20.6. The number of benzene rings is 1. The van der Waals surface area contributed by atoms with Crippen LogP contribution in [0.3, 0.4) is 0 Å². The van der Waals surface area contributed by atoms with Gasteiger partial charge in [0.25, 0.3) is 0 Å². The van der Waals surface area contributed by atoms with Gasteiger partial charge in [-0.3, -0.25) is 0 Å². The van der Waals surface area contributed by atoms with E-state index >= 15 is 0 Å². The Kier molecular flexibility index (Phi) is 4.99. The van der Waals surface area contributed by atoms with Crippen molar-refractivity contribution in [2.45, 2.75) is 26.1 Å². The molecule has 0 radical (unpaired) electrons. The lowest BCUT2D eigenvalue weighted by Gasteiger charge is -2.13. The normalized spacial score (nSPS) is 18.2. The van der Waals surface area contributed by atoms with E-state index in [2.05, 4.69) is 31.6 Å². The lowest BCUT2D eigenvalue weighted by molar-refractivity contribution is -0.286. The Hall–Kier alpha value is -2.94. The second-order valence-corrected chi connectivity index (χ2v) is 7.21. The molecule has 2 aromatic rings. The van der Waals surface area contributed by atoms with E-state index in [1.165, 1.54) is 6.07 Å². The number of fused-ring (bicyclic) bond motifs is 1. The number of alkyl halides is 2. The number of hydrogen-bond donors (Lipinski definition) is 2. The van der Waals surface area contributed by atoms with Crippen LogP contribution in [0.4, 0.5) is 26.2 Å². The van der Waals surface area contributed by atoms with Crippen molar-refractivity contribution in [2.24, 2.45) is 0 Å². The Morgan fingerprint density at radius 2 is 2.00 bits per heavy atom. The molecule has 0 spiro atoms. The summed E-state index contributed by atoms with van der Waals surface area (Å²) < 4.78 is 37.2. The molecule has 154 valence electrons. The van der Waals surface area contributed by atoms with Crippen molar-refractivity contribution in [1.82, 2.24) is 14.9 Å². The molecule has 0 bridgehead atoms. The average molecular weight is 403 g/mol. The first-order valence-electron chi connectivity index (χ1n) is 9.45. The van der Waals surface area contributed by atoms with Crippen molar-refractivity contribution in [1.29, 1.82) is 0 Å². The van der Waals surface area contributed by atoms with Gasteiger partial charge >= 0.3 is 6.29 Å². The summed E-state index contributed by atoms with van der Waals surface area (Å²) in [5.74, 6) is 1.08. The van der Waals surface area contributed by atoms with Gasteiger partial charge < -0.3 is 25.0 Å². The SMILES string of the molecule is CNc1cc(C)nc(Nc2cc3c(c(C4=CCN(C)CCC4)c2)OC(F)(F)O3)n1. The summed E-state index contributed by atoms with van der Waals surface area (Å²) in [6, 6.07) is 5.07. The van der Waals surface area contributed by atoms with Gasteiger partial charge in [-0.25, -0.2) is 4.98 Å². The van der Waals surface area contributed by atoms with Crippen LogP contribution in [-0.2, 0) is 0 Å². The van der Waals surface area contributed by atoms with E-state index < -0.39 is 6.29 Å². The number of anilines is 3. The van der Waals surface area contributed by atoms with E-state index in [0.717, 1.165) is 37.2 Å². The molecule has 9 heteroatoms. The van der Waals surface area contributed by atoms with Crippen LogP contribution in [0.1, 0.15) is 24.1 Å². The quantitative estimate of drug-likeness (QED) is 0.799. The summed E-state index contributed by atoms with van der Waals surface area (Å²) in [5, 5.41) is 6.07. The Morgan fingerprint density at radius 1 is 1.17 bits per heavy atom. The second kappa shape index (κ2) is 7.47. The van der Waals surface area contributed by atoms with E-state index in [9.17, 15) is 8.78 Å². The van der Waals surface area contributed by atoms with Crippen LogP contribution in [0.25, 0.3) is 5.57 Å². The van der Waals surface area contributed by atoms with Crippen molar-refractivity contribution in [3.05, 3.63) is 35.5 Å². The van der Waals surface area contributed by atoms with Gasteiger partial charge in [0.1, 0.15) is 5.82 Å². The molecule has 0 unspecified atom stereocenters. The molecule has 0 saturated heterocycles. The van der Waals surface area contributed by atoms with E-state index in [1.54, 1.807) is 13.1 Å². The Labute approximate surface area is 167 Å². The number of likely N-dealkylation sites (N-methyl/N-ethyl adjacent to an activating group) is 1. The second-order valence-electron chi connectivity index (χ2n) is 7.21. The number of aryl methyl sites for hydroxylation is 1. The number of halogens is 2. The van der Waals surface area contributed by atoms with E-state index in [0.29, 0.717) is 23.0 Å². The van der Waals surface area contributed by atoms with Crippen LogP contribution in [0.2, 0.25) is 0 Å². The fourth-order valence-electron chi connectivity index (χ4n) is 3.49. The first-order chi connectivity index (χ1) is 13.8. The molecular formula is C20H23F2N5O2. The van der Waals surface area contributed by atoms with E-state index in [-0.39, 0.29) is 11.5 Å². The minimum absolute atomic E-state index is 0.00463. The highest BCUT2D eigenvalue weighted by Gasteiger charge is 2.45. The lowest BCUT2D eigenvalue weighted by atomic mass is 9.99. The molecule has 29 heavy (non-hydrogen) atoms. The molecule has 2 aliphatic heterocycles. The third-order valence-electron chi connectivity index (χ3n) is 4.85. The van der Waals surface area contributed by atoms with Gasteiger partial charge in [0.05, 0.1) is 0 Å². The fourth-order valence-corrected chi connectivity index (χ4v) is 3.49. The molecule has 1 aromatic heterocycles. The Morgan fingerprint density at radius 3 is 2.79 bits per heavy atom. The monoisotopic (exact) mass is 403 g/mol. The standard InChI is InChI=1S/C20H23F2N5O2/c1-12-9-17(23-2)26-19(24-12)25-14-10-15(13-5-4-7-27(3)8-6-13)18-16(11-14)28-20(21,22)29-18/h6,9-11H,4-5,7-8H2,1-3H3,(H2,23,24,25,26). The molecule has 7 nitrogen and oxygen atoms in total. The van der Waals surface area contributed by atoms with Gasteiger partial charge in [0.15, 0.2) is 11.5 Å². The summed E-state index contributed by atoms with van der Waals surface area (Å²) in [4.78, 5) is 10.9. The zero-order valence-corrected chi connectivity index (χ0v) is 16.6. The van der Waals surface area contributed by atoms with Crippen LogP contribution in [0.15, 0.2) is 24.3 Å². The number of nitrogens with one attached hydrogen (secondary N) is 2. The maximum absolute atomic E-state index is 13.8. The lowest BCUT2D eigenvalue weighted by Crippen LogP contribution is -2.26. The first-order valence-corrected chi connectivity index (χ1v) is 9.45. The molecule has 4 rings (SSSR count). The number of rotatable bonds is 4. The van der Waals surface area contributed by atoms with Crippen LogP contribution >= 0.6 is 0 Å². The van der Waals surface area contributed by atoms with Gasteiger partial charge in [-0.1, -0.05) is 6.08 Å². The number of allylic oxidation sites excluding steroid dienone is 1. The highest BCUT2D eigenvalue weighted by Crippen LogP contribution is 2.48. The average Bonchev–Trinajstić information content (AvgIpc) is 2.81. The largest absolute Gasteiger partial charge is 0.586 e. The van der Waals surface area contributed by atoms with Crippen molar-refractivity contribution >= 4 is 23.0 Å². The van der Waals surface area contributed by atoms with Crippen molar-refractivity contribution in [2.75, 3.05) is 37.8 Å². The van der Waals surface area contributed by atoms with Crippen molar-refractivity contribution in [3.63, 3.8) is 0 Å². The number of aromatic nitrogens is 2. The molecule has 0 atom stereocenters. The van der Waals surface area contributed by atoms with Gasteiger partial charge in [0.2, 0.25) is 5.95 Å². The highest BCUT2D eigenvalue weighted by atomic mass is 19.3. The van der Waals surface area contributed by atoms with Crippen LogP contribution in [-0.4, -0.2) is 48.3 Å². The van der Waals surface area contributed by atoms with Crippen LogP contribution < -0.4 is 20.1 Å². The maximum Gasteiger partial charge on any atom is 0.586 e. The molecular weight excluding hydrogens is 380 g/mol. The molecule has 0 aliphatic carbocycles. The van der Waals surface area contributed by atoms with Crippen molar-refractivity contribution in [3.8, 4) is 11.5 Å². The van der Waals surface area contributed by atoms with Crippen molar-refractivity contribution < 1.29 is 18.3 Å². The summed E-state index contributed by atoms with van der Waals surface area (Å²) >= 11 is 0. The molecule has 3 heterocycles.